The second-order valence-electron chi connectivity index (χ2n) is 4.94. The zero-order valence-electron chi connectivity index (χ0n) is 10.7. The van der Waals surface area contributed by atoms with Crippen molar-refractivity contribution in [2.75, 3.05) is 11.1 Å². The minimum atomic E-state index is -0.130. The predicted molar refractivity (Wildman–Crippen MR) is 71.2 cm³/mol. The van der Waals surface area contributed by atoms with Crippen molar-refractivity contribution >= 4 is 12.0 Å². The standard InChI is InChI=1S/C13H18N4O/c1-13(2,15-12-17-16-11(14)18-12)9-8-10-6-4-3-5-7-10/h3-7H,8-9H2,1-2H3,(H2,14,16)(H,15,17). The summed E-state index contributed by atoms with van der Waals surface area (Å²) in [5, 5.41) is 10.6. The van der Waals surface area contributed by atoms with Gasteiger partial charge < -0.3 is 15.5 Å². The van der Waals surface area contributed by atoms with Gasteiger partial charge in [-0.05, 0) is 32.3 Å². The fourth-order valence-electron chi connectivity index (χ4n) is 1.74. The normalized spacial score (nSPS) is 11.4. The first-order valence-corrected chi connectivity index (χ1v) is 5.96. The lowest BCUT2D eigenvalue weighted by atomic mass is 9.95. The van der Waals surface area contributed by atoms with E-state index < -0.39 is 0 Å². The van der Waals surface area contributed by atoms with E-state index in [2.05, 4.69) is 53.6 Å². The summed E-state index contributed by atoms with van der Waals surface area (Å²) in [5.41, 5.74) is 6.57. The minimum absolute atomic E-state index is 0.0800. The molecule has 1 heterocycles. The van der Waals surface area contributed by atoms with Crippen molar-refractivity contribution in [1.82, 2.24) is 10.2 Å². The van der Waals surface area contributed by atoms with Crippen LogP contribution in [0.25, 0.3) is 0 Å². The van der Waals surface area contributed by atoms with Crippen molar-refractivity contribution in [2.24, 2.45) is 0 Å². The van der Waals surface area contributed by atoms with Gasteiger partial charge in [-0.1, -0.05) is 40.5 Å². The van der Waals surface area contributed by atoms with Gasteiger partial charge in [0.05, 0.1) is 0 Å². The number of anilines is 2. The summed E-state index contributed by atoms with van der Waals surface area (Å²) in [6.07, 6.45) is 1.95. The molecule has 1 aromatic heterocycles. The highest BCUT2D eigenvalue weighted by molar-refractivity contribution is 5.27. The molecule has 18 heavy (non-hydrogen) atoms. The van der Waals surface area contributed by atoms with Gasteiger partial charge in [-0.25, -0.2) is 0 Å². The van der Waals surface area contributed by atoms with E-state index >= 15 is 0 Å². The molecule has 0 amide bonds. The number of nitrogens with one attached hydrogen (secondary N) is 1. The number of hydrogen-bond acceptors (Lipinski definition) is 5. The molecule has 5 nitrogen and oxygen atoms in total. The van der Waals surface area contributed by atoms with Crippen molar-refractivity contribution in [1.29, 1.82) is 0 Å². The number of hydrogen-bond donors (Lipinski definition) is 2. The largest absolute Gasteiger partial charge is 0.390 e. The Bertz CT molecular complexity index is 493. The first-order valence-electron chi connectivity index (χ1n) is 5.96. The van der Waals surface area contributed by atoms with Gasteiger partial charge in [0.25, 0.3) is 0 Å². The Balaban J connectivity index is 1.91. The maximum Gasteiger partial charge on any atom is 0.317 e. The average molecular weight is 246 g/mol. The molecule has 0 aliphatic carbocycles. The van der Waals surface area contributed by atoms with Crippen LogP contribution in [-0.4, -0.2) is 15.7 Å². The lowest BCUT2D eigenvalue weighted by molar-refractivity contribution is 0.484. The van der Waals surface area contributed by atoms with Crippen LogP contribution in [0.4, 0.5) is 12.0 Å². The van der Waals surface area contributed by atoms with Crippen molar-refractivity contribution in [2.45, 2.75) is 32.2 Å². The highest BCUT2D eigenvalue weighted by atomic mass is 16.4. The third kappa shape index (κ3) is 3.48. The summed E-state index contributed by atoms with van der Waals surface area (Å²) < 4.78 is 5.12. The molecule has 2 aromatic rings. The van der Waals surface area contributed by atoms with Gasteiger partial charge >= 0.3 is 12.0 Å². The highest BCUT2D eigenvalue weighted by Crippen LogP contribution is 2.19. The number of nitrogens with zero attached hydrogens (tertiary/aromatic N) is 2. The monoisotopic (exact) mass is 246 g/mol. The summed E-state index contributed by atoms with van der Waals surface area (Å²) in [5.74, 6) is 0. The van der Waals surface area contributed by atoms with Crippen molar-refractivity contribution in [3.8, 4) is 0 Å². The van der Waals surface area contributed by atoms with E-state index in [-0.39, 0.29) is 11.6 Å². The summed E-state index contributed by atoms with van der Waals surface area (Å²) >= 11 is 0. The van der Waals surface area contributed by atoms with Gasteiger partial charge in [0.1, 0.15) is 0 Å². The Morgan fingerprint density at radius 3 is 2.56 bits per heavy atom. The Kier molecular flexibility index (Phi) is 3.50. The number of aromatic nitrogens is 2. The number of benzene rings is 1. The van der Waals surface area contributed by atoms with Crippen LogP contribution >= 0.6 is 0 Å². The number of nitrogen functional groups attached to an aromatic ring is 1. The Morgan fingerprint density at radius 1 is 1.22 bits per heavy atom. The zero-order chi connectivity index (χ0) is 13.0. The molecule has 96 valence electrons. The Morgan fingerprint density at radius 2 is 1.94 bits per heavy atom. The molecule has 0 aliphatic heterocycles. The molecule has 2 rings (SSSR count). The van der Waals surface area contributed by atoms with Gasteiger partial charge in [-0.2, -0.15) is 0 Å². The molecular formula is C13H18N4O. The third-order valence-electron chi connectivity index (χ3n) is 2.77. The average Bonchev–Trinajstić information content (AvgIpc) is 2.73. The summed E-state index contributed by atoms with van der Waals surface area (Å²) in [4.78, 5) is 0. The van der Waals surface area contributed by atoms with E-state index in [1.54, 1.807) is 0 Å². The van der Waals surface area contributed by atoms with E-state index in [0.717, 1.165) is 12.8 Å². The summed E-state index contributed by atoms with van der Waals surface area (Å²) in [6, 6.07) is 10.8. The van der Waals surface area contributed by atoms with Gasteiger partial charge in [0.15, 0.2) is 0 Å². The van der Waals surface area contributed by atoms with Gasteiger partial charge in [-0.3, -0.25) is 0 Å². The first kappa shape index (κ1) is 12.4. The van der Waals surface area contributed by atoms with Gasteiger partial charge in [0.2, 0.25) is 0 Å². The van der Waals surface area contributed by atoms with Crippen LogP contribution in [0, 0.1) is 0 Å². The SMILES string of the molecule is CC(C)(CCc1ccccc1)Nc1nnc(N)o1. The van der Waals surface area contributed by atoms with E-state index in [4.69, 9.17) is 10.2 Å². The molecule has 5 heteroatoms. The maximum absolute atomic E-state index is 5.38. The molecule has 0 spiro atoms. The van der Waals surface area contributed by atoms with Crippen LogP contribution in [0.15, 0.2) is 34.7 Å². The molecule has 0 aliphatic rings. The number of aryl methyl sites for hydroxylation is 1. The molecule has 0 radical (unpaired) electrons. The maximum atomic E-state index is 5.38. The Labute approximate surface area is 106 Å². The van der Waals surface area contributed by atoms with E-state index in [0.29, 0.717) is 6.01 Å². The van der Waals surface area contributed by atoms with E-state index in [1.165, 1.54) is 5.56 Å². The summed E-state index contributed by atoms with van der Waals surface area (Å²) in [6.45, 7) is 4.19. The minimum Gasteiger partial charge on any atom is -0.390 e. The fraction of sp³-hybridized carbons (Fsp3) is 0.385. The highest BCUT2D eigenvalue weighted by Gasteiger charge is 2.20. The topological polar surface area (TPSA) is 77.0 Å². The van der Waals surface area contributed by atoms with Crippen molar-refractivity contribution in [3.63, 3.8) is 0 Å². The second kappa shape index (κ2) is 5.08. The molecule has 0 bridgehead atoms. The molecule has 0 saturated carbocycles. The number of rotatable bonds is 5. The lowest BCUT2D eigenvalue weighted by Crippen LogP contribution is -2.31. The van der Waals surface area contributed by atoms with Crippen LogP contribution in [0.5, 0.6) is 0 Å². The molecular weight excluding hydrogens is 228 g/mol. The molecule has 3 N–H and O–H groups in total. The number of nitrogens with two attached hydrogens (primary N) is 1. The quantitative estimate of drug-likeness (QED) is 0.847. The molecule has 0 fully saturated rings. The van der Waals surface area contributed by atoms with Crippen LogP contribution in [0.3, 0.4) is 0 Å². The molecule has 0 saturated heterocycles. The zero-order valence-corrected chi connectivity index (χ0v) is 10.7. The smallest absolute Gasteiger partial charge is 0.317 e. The second-order valence-corrected chi connectivity index (χ2v) is 4.94. The molecule has 0 atom stereocenters. The van der Waals surface area contributed by atoms with E-state index in [1.807, 2.05) is 6.07 Å². The predicted octanol–water partition coefficient (Wildman–Crippen LogP) is 2.48. The van der Waals surface area contributed by atoms with Crippen LogP contribution < -0.4 is 11.1 Å². The summed E-state index contributed by atoms with van der Waals surface area (Å²) in [7, 11) is 0. The molecule has 0 unspecified atom stereocenters. The van der Waals surface area contributed by atoms with Gasteiger partial charge in [0, 0.05) is 5.54 Å². The van der Waals surface area contributed by atoms with Crippen LogP contribution in [0.2, 0.25) is 0 Å². The first-order chi connectivity index (χ1) is 8.55. The molecule has 1 aromatic carbocycles. The Hall–Kier alpha value is -2.04. The van der Waals surface area contributed by atoms with Gasteiger partial charge in [-0.15, -0.1) is 0 Å². The fourth-order valence-corrected chi connectivity index (χ4v) is 1.74. The van der Waals surface area contributed by atoms with E-state index in [9.17, 15) is 0 Å². The van der Waals surface area contributed by atoms with Crippen molar-refractivity contribution < 1.29 is 4.42 Å². The van der Waals surface area contributed by atoms with Crippen molar-refractivity contribution in [3.05, 3.63) is 35.9 Å². The van der Waals surface area contributed by atoms with Crippen LogP contribution in [-0.2, 0) is 6.42 Å². The lowest BCUT2D eigenvalue weighted by Gasteiger charge is -2.24. The third-order valence-corrected chi connectivity index (χ3v) is 2.77. The van der Waals surface area contributed by atoms with Crippen LogP contribution in [0.1, 0.15) is 25.8 Å².